The second-order valence-corrected chi connectivity index (χ2v) is 5.81. The Morgan fingerprint density at radius 1 is 1.15 bits per heavy atom. The van der Waals surface area contributed by atoms with E-state index >= 15 is 0 Å². The number of nitrogens with one attached hydrogen (secondary N) is 2. The minimum absolute atomic E-state index is 0.0822. The number of pyridine rings is 2. The highest BCUT2D eigenvalue weighted by molar-refractivity contribution is 5.86. The number of aromatic nitrogens is 4. The molecule has 3 rings (SSSR count). The van der Waals surface area contributed by atoms with Crippen molar-refractivity contribution in [2.24, 2.45) is 0 Å². The van der Waals surface area contributed by atoms with Gasteiger partial charge in [-0.2, -0.15) is 0 Å². The van der Waals surface area contributed by atoms with Gasteiger partial charge in [-0.15, -0.1) is 0 Å². The van der Waals surface area contributed by atoms with Crippen LogP contribution in [0.5, 0.6) is 0 Å². The Kier molecular flexibility index (Phi) is 5.40. The van der Waals surface area contributed by atoms with E-state index in [1.54, 1.807) is 37.6 Å². The van der Waals surface area contributed by atoms with E-state index in [4.69, 9.17) is 0 Å². The molecule has 0 amide bonds. The zero-order valence-electron chi connectivity index (χ0n) is 14.3. The summed E-state index contributed by atoms with van der Waals surface area (Å²) in [6, 6.07) is 3.29. The summed E-state index contributed by atoms with van der Waals surface area (Å²) in [6.45, 7) is 1.69. The van der Waals surface area contributed by atoms with Gasteiger partial charge in [0.15, 0.2) is 0 Å². The van der Waals surface area contributed by atoms with Gasteiger partial charge in [-0.25, -0.2) is 9.97 Å². The van der Waals surface area contributed by atoms with Crippen LogP contribution in [0.2, 0.25) is 0 Å². The zero-order valence-corrected chi connectivity index (χ0v) is 14.3. The average molecular weight is 356 g/mol. The molecule has 1 atom stereocenters. The summed E-state index contributed by atoms with van der Waals surface area (Å²) in [4.78, 5) is 25.1. The third-order valence-corrected chi connectivity index (χ3v) is 3.81. The van der Waals surface area contributed by atoms with Crippen LogP contribution in [0.25, 0.3) is 10.8 Å². The van der Waals surface area contributed by atoms with Crippen molar-refractivity contribution in [1.29, 1.82) is 0 Å². The number of hydrogen-bond donors (Lipinski definition) is 4. The molecule has 9 nitrogen and oxygen atoms in total. The van der Waals surface area contributed by atoms with E-state index in [2.05, 4.69) is 25.6 Å². The molecule has 136 valence electrons. The van der Waals surface area contributed by atoms with E-state index in [1.165, 1.54) is 10.8 Å². The molecular weight excluding hydrogens is 336 g/mol. The lowest BCUT2D eigenvalue weighted by Gasteiger charge is -2.18. The monoisotopic (exact) mass is 356 g/mol. The van der Waals surface area contributed by atoms with Crippen molar-refractivity contribution in [3.8, 4) is 0 Å². The molecular formula is C17H20N6O3. The van der Waals surface area contributed by atoms with E-state index in [9.17, 15) is 15.0 Å². The first-order valence-corrected chi connectivity index (χ1v) is 8.17. The van der Waals surface area contributed by atoms with E-state index in [1.807, 2.05) is 0 Å². The van der Waals surface area contributed by atoms with Crippen LogP contribution in [0.15, 0.2) is 41.7 Å². The fourth-order valence-corrected chi connectivity index (χ4v) is 2.55. The van der Waals surface area contributed by atoms with E-state index < -0.39 is 0 Å². The molecule has 9 heteroatoms. The Hall–Kier alpha value is -3.04. The first-order valence-electron chi connectivity index (χ1n) is 8.17. The molecule has 0 spiro atoms. The predicted octanol–water partition coefficient (Wildman–Crippen LogP) is 0.715. The Morgan fingerprint density at radius 3 is 2.69 bits per heavy atom. The summed E-state index contributed by atoms with van der Waals surface area (Å²) >= 11 is 0. The number of hydrogen-bond acceptors (Lipinski definition) is 8. The molecule has 0 saturated heterocycles. The normalized spacial score (nSPS) is 12.1. The Labute approximate surface area is 149 Å². The van der Waals surface area contributed by atoms with Crippen molar-refractivity contribution < 1.29 is 10.2 Å². The number of fused-ring (bicyclic) bond motifs is 1. The molecule has 0 aliphatic rings. The molecule has 4 N–H and O–H groups in total. The van der Waals surface area contributed by atoms with Crippen LogP contribution in [-0.2, 0) is 6.54 Å². The molecule has 0 saturated carbocycles. The van der Waals surface area contributed by atoms with Crippen LogP contribution in [0, 0.1) is 0 Å². The van der Waals surface area contributed by atoms with Gasteiger partial charge in [-0.05, 0) is 24.4 Å². The van der Waals surface area contributed by atoms with Gasteiger partial charge in [-0.1, -0.05) is 0 Å². The van der Waals surface area contributed by atoms with Crippen LogP contribution in [0.4, 0.5) is 17.5 Å². The quantitative estimate of drug-likeness (QED) is 0.488. The highest BCUT2D eigenvalue weighted by Gasteiger charge is 2.12. The summed E-state index contributed by atoms with van der Waals surface area (Å²) in [5.74, 6) is 1.59. The maximum Gasteiger partial charge on any atom is 0.261 e. The molecule has 26 heavy (non-hydrogen) atoms. The highest BCUT2D eigenvalue weighted by atomic mass is 16.3. The second kappa shape index (κ2) is 7.89. The number of rotatable bonds is 7. The predicted molar refractivity (Wildman–Crippen MR) is 98.6 cm³/mol. The molecule has 0 aromatic carbocycles. The average Bonchev–Trinajstić information content (AvgIpc) is 2.65. The van der Waals surface area contributed by atoms with Gasteiger partial charge < -0.3 is 20.8 Å². The van der Waals surface area contributed by atoms with Crippen molar-refractivity contribution in [3.05, 3.63) is 47.3 Å². The summed E-state index contributed by atoms with van der Waals surface area (Å²) in [5.41, 5.74) is -0.261. The molecule has 0 radical (unpaired) electrons. The van der Waals surface area contributed by atoms with Crippen molar-refractivity contribution in [3.63, 3.8) is 0 Å². The van der Waals surface area contributed by atoms with Crippen LogP contribution < -0.4 is 16.2 Å². The zero-order chi connectivity index (χ0) is 18.5. The fraction of sp³-hybridized carbons (Fsp3) is 0.294. The van der Waals surface area contributed by atoms with Gasteiger partial charge >= 0.3 is 0 Å². The van der Waals surface area contributed by atoms with Crippen LogP contribution >= 0.6 is 0 Å². The van der Waals surface area contributed by atoms with Crippen molar-refractivity contribution in [2.75, 3.05) is 23.8 Å². The summed E-state index contributed by atoms with van der Waals surface area (Å²) in [7, 11) is 0. The fourth-order valence-electron chi connectivity index (χ4n) is 2.55. The van der Waals surface area contributed by atoms with Crippen LogP contribution in [-0.4, -0.2) is 49.0 Å². The van der Waals surface area contributed by atoms with Crippen LogP contribution in [0.3, 0.4) is 0 Å². The third kappa shape index (κ3) is 3.79. The molecule has 0 aliphatic heterocycles. The minimum Gasteiger partial charge on any atom is -0.395 e. The number of nitrogens with zero attached hydrogens (tertiary/aromatic N) is 4. The van der Waals surface area contributed by atoms with Crippen molar-refractivity contribution >= 4 is 28.2 Å². The highest BCUT2D eigenvalue weighted by Crippen LogP contribution is 2.20. The standard InChI is InChI=1S/C17H20N6O3/c1-11(10-25)21-16-7-12-6-14(22-15-9-18-2-3-19-15)20-8-13(12)17(26)23(16)4-5-24/h2-3,6-9,11,21,24-25H,4-5,10H2,1H3,(H,19,20,22)/t11-/m0/s1. The lowest BCUT2D eigenvalue weighted by atomic mass is 10.2. The minimum atomic E-state index is -0.261. The molecule has 0 bridgehead atoms. The molecule has 0 unspecified atom stereocenters. The topological polar surface area (TPSA) is 125 Å². The lowest BCUT2D eigenvalue weighted by Crippen LogP contribution is -2.29. The van der Waals surface area contributed by atoms with E-state index in [-0.39, 0.29) is 31.4 Å². The SMILES string of the molecule is C[C@@H](CO)Nc1cc2cc(Nc3cnccn3)ncc2c(=O)n1CCO. The Balaban J connectivity index is 2.04. The Bertz CT molecular complexity index is 944. The van der Waals surface area contributed by atoms with Gasteiger partial charge in [0.2, 0.25) is 0 Å². The van der Waals surface area contributed by atoms with E-state index in [0.717, 1.165) is 0 Å². The molecule has 0 aliphatic carbocycles. The molecule has 3 aromatic heterocycles. The Morgan fingerprint density at radius 2 is 2.00 bits per heavy atom. The van der Waals surface area contributed by atoms with E-state index in [0.29, 0.717) is 28.2 Å². The van der Waals surface area contributed by atoms with Crippen molar-refractivity contribution in [2.45, 2.75) is 19.5 Å². The lowest BCUT2D eigenvalue weighted by molar-refractivity contribution is 0.272. The largest absolute Gasteiger partial charge is 0.395 e. The van der Waals surface area contributed by atoms with Gasteiger partial charge in [0, 0.05) is 24.6 Å². The maximum absolute atomic E-state index is 12.7. The van der Waals surface area contributed by atoms with Gasteiger partial charge in [-0.3, -0.25) is 14.3 Å². The smallest absolute Gasteiger partial charge is 0.261 e. The molecule has 3 aromatic rings. The van der Waals surface area contributed by atoms with Gasteiger partial charge in [0.1, 0.15) is 17.5 Å². The molecule has 0 fully saturated rings. The number of aliphatic hydroxyl groups excluding tert-OH is 2. The van der Waals surface area contributed by atoms with Gasteiger partial charge in [0.05, 0.1) is 31.3 Å². The first kappa shape index (κ1) is 17.8. The first-order chi connectivity index (χ1) is 12.6. The molecule has 3 heterocycles. The third-order valence-electron chi connectivity index (χ3n) is 3.81. The second-order valence-electron chi connectivity index (χ2n) is 5.81. The van der Waals surface area contributed by atoms with Crippen molar-refractivity contribution in [1.82, 2.24) is 19.5 Å². The van der Waals surface area contributed by atoms with Crippen LogP contribution in [0.1, 0.15) is 6.92 Å². The summed E-state index contributed by atoms with van der Waals surface area (Å²) in [5, 5.41) is 25.8. The number of anilines is 3. The summed E-state index contributed by atoms with van der Waals surface area (Å²) in [6.07, 6.45) is 6.20. The number of aliphatic hydroxyl groups is 2. The van der Waals surface area contributed by atoms with Gasteiger partial charge in [0.25, 0.3) is 5.56 Å². The summed E-state index contributed by atoms with van der Waals surface area (Å²) < 4.78 is 1.44. The maximum atomic E-state index is 12.7.